The van der Waals surface area contributed by atoms with E-state index in [1.165, 1.54) is 24.6 Å². The molecule has 1 N–H and O–H groups in total. The summed E-state index contributed by atoms with van der Waals surface area (Å²) in [6.07, 6.45) is 6.88. The molecule has 2 aromatic heterocycles. The molecule has 6 nitrogen and oxygen atoms in total. The van der Waals surface area contributed by atoms with Gasteiger partial charge in [-0.25, -0.2) is 0 Å². The van der Waals surface area contributed by atoms with Crippen molar-refractivity contribution in [3.8, 4) is 11.6 Å². The van der Waals surface area contributed by atoms with Gasteiger partial charge in [-0.2, -0.15) is 0 Å². The van der Waals surface area contributed by atoms with Crippen LogP contribution in [0.1, 0.15) is 40.0 Å². The summed E-state index contributed by atoms with van der Waals surface area (Å²) < 4.78 is 7.37. The Bertz CT molecular complexity index is 771. The molecule has 4 unspecified atom stereocenters. The average molecular weight is 389 g/mol. The molecule has 0 saturated heterocycles. The van der Waals surface area contributed by atoms with E-state index in [1.54, 1.807) is 12.3 Å². The number of thioether (sulfide) groups is 1. The maximum atomic E-state index is 12.7. The molecule has 3 rings (SSSR count). The Morgan fingerprint density at radius 1 is 1.48 bits per heavy atom. The highest BCUT2D eigenvalue weighted by molar-refractivity contribution is 8.00. The van der Waals surface area contributed by atoms with Gasteiger partial charge in [0.05, 0.1) is 11.5 Å². The first kappa shape index (κ1) is 19.7. The molecule has 1 amide bonds. The lowest BCUT2D eigenvalue weighted by molar-refractivity contribution is -0.121. The van der Waals surface area contributed by atoms with E-state index in [0.29, 0.717) is 35.1 Å². The van der Waals surface area contributed by atoms with E-state index >= 15 is 0 Å². The summed E-state index contributed by atoms with van der Waals surface area (Å²) in [5.74, 6) is 2.51. The highest BCUT2D eigenvalue weighted by Crippen LogP contribution is 2.31. The molecule has 0 bridgehead atoms. The number of allylic oxidation sites excluding steroid dienone is 1. The van der Waals surface area contributed by atoms with Crippen molar-refractivity contribution in [1.29, 1.82) is 0 Å². The Hall–Kier alpha value is -2.02. The first-order valence-electron chi connectivity index (χ1n) is 9.56. The maximum Gasteiger partial charge on any atom is 0.233 e. The van der Waals surface area contributed by atoms with Crippen LogP contribution in [0.15, 0.2) is 40.6 Å². The molecule has 27 heavy (non-hydrogen) atoms. The van der Waals surface area contributed by atoms with Gasteiger partial charge in [-0.05, 0) is 37.3 Å². The first-order chi connectivity index (χ1) is 13.0. The second-order valence-electron chi connectivity index (χ2n) is 7.33. The molecule has 1 saturated carbocycles. The molecule has 1 fully saturated rings. The number of hydrogen-bond acceptors (Lipinski definition) is 5. The van der Waals surface area contributed by atoms with E-state index in [9.17, 15) is 4.79 Å². The van der Waals surface area contributed by atoms with Crippen LogP contribution in [0.5, 0.6) is 0 Å². The quantitative estimate of drug-likeness (QED) is 0.570. The molecule has 0 radical (unpaired) electrons. The van der Waals surface area contributed by atoms with Crippen molar-refractivity contribution in [3.05, 3.63) is 31.1 Å². The van der Waals surface area contributed by atoms with E-state index in [1.807, 2.05) is 23.6 Å². The normalized spacial score (nSPS) is 23.7. The molecule has 4 atom stereocenters. The van der Waals surface area contributed by atoms with Gasteiger partial charge in [0, 0.05) is 12.6 Å². The van der Waals surface area contributed by atoms with Crippen LogP contribution in [0.3, 0.4) is 0 Å². The zero-order chi connectivity index (χ0) is 19.4. The molecule has 2 heterocycles. The van der Waals surface area contributed by atoms with Crippen LogP contribution in [0.4, 0.5) is 0 Å². The Morgan fingerprint density at radius 2 is 2.30 bits per heavy atom. The number of furan rings is 1. The molecule has 2 aromatic rings. The van der Waals surface area contributed by atoms with Crippen molar-refractivity contribution in [3.63, 3.8) is 0 Å². The van der Waals surface area contributed by atoms with Crippen molar-refractivity contribution in [2.75, 3.05) is 0 Å². The number of aromatic nitrogens is 3. The summed E-state index contributed by atoms with van der Waals surface area (Å²) in [4.78, 5) is 12.7. The largest absolute Gasteiger partial charge is 0.461 e. The SMILES string of the molecule is C=CCn1c(SC(C)C(=O)NC2CCCC(C)C2C)nnc1-c1ccco1. The van der Waals surface area contributed by atoms with Gasteiger partial charge in [-0.3, -0.25) is 9.36 Å². The predicted octanol–water partition coefficient (Wildman–Crippen LogP) is 4.15. The lowest BCUT2D eigenvalue weighted by Gasteiger charge is -2.35. The molecular weight excluding hydrogens is 360 g/mol. The number of nitrogens with zero attached hydrogens (tertiary/aromatic N) is 3. The predicted molar refractivity (Wildman–Crippen MR) is 107 cm³/mol. The number of rotatable bonds is 7. The first-order valence-corrected chi connectivity index (χ1v) is 10.4. The second-order valence-corrected chi connectivity index (χ2v) is 8.63. The molecule has 1 aliphatic rings. The van der Waals surface area contributed by atoms with Crippen molar-refractivity contribution in [2.45, 2.75) is 63.0 Å². The van der Waals surface area contributed by atoms with Gasteiger partial charge in [-0.1, -0.05) is 44.5 Å². The summed E-state index contributed by atoms with van der Waals surface area (Å²) in [5.41, 5.74) is 0. The van der Waals surface area contributed by atoms with Gasteiger partial charge < -0.3 is 9.73 Å². The lowest BCUT2D eigenvalue weighted by atomic mass is 9.78. The van der Waals surface area contributed by atoms with Crippen LogP contribution in [0.25, 0.3) is 11.6 Å². The van der Waals surface area contributed by atoms with Gasteiger partial charge in [0.25, 0.3) is 0 Å². The van der Waals surface area contributed by atoms with Crippen molar-refractivity contribution in [2.24, 2.45) is 11.8 Å². The highest BCUT2D eigenvalue weighted by atomic mass is 32.2. The third kappa shape index (κ3) is 4.46. The van der Waals surface area contributed by atoms with E-state index in [-0.39, 0.29) is 17.2 Å². The zero-order valence-corrected chi connectivity index (χ0v) is 17.0. The summed E-state index contributed by atoms with van der Waals surface area (Å²) in [6.45, 7) is 10.8. The summed E-state index contributed by atoms with van der Waals surface area (Å²) in [6, 6.07) is 3.92. The monoisotopic (exact) mass is 388 g/mol. The van der Waals surface area contributed by atoms with Gasteiger partial charge >= 0.3 is 0 Å². The second kappa shape index (κ2) is 8.78. The van der Waals surface area contributed by atoms with Crippen LogP contribution in [-0.2, 0) is 11.3 Å². The molecule has 0 spiro atoms. The number of amides is 1. The third-order valence-electron chi connectivity index (χ3n) is 5.46. The molecule has 1 aliphatic carbocycles. The Labute approximate surface area is 164 Å². The van der Waals surface area contributed by atoms with Crippen LogP contribution in [0, 0.1) is 11.8 Å². The van der Waals surface area contributed by atoms with Gasteiger partial charge in [-0.15, -0.1) is 16.8 Å². The van der Waals surface area contributed by atoms with Gasteiger partial charge in [0.1, 0.15) is 0 Å². The fraction of sp³-hybridized carbons (Fsp3) is 0.550. The third-order valence-corrected chi connectivity index (χ3v) is 6.54. The minimum atomic E-state index is -0.258. The summed E-state index contributed by atoms with van der Waals surface area (Å²) in [7, 11) is 0. The molecular formula is C20H28N4O2S. The minimum absolute atomic E-state index is 0.0543. The highest BCUT2D eigenvalue weighted by Gasteiger charge is 2.30. The van der Waals surface area contributed by atoms with Crippen molar-refractivity contribution >= 4 is 17.7 Å². The van der Waals surface area contributed by atoms with Crippen molar-refractivity contribution < 1.29 is 9.21 Å². The summed E-state index contributed by atoms with van der Waals surface area (Å²) >= 11 is 1.41. The maximum absolute atomic E-state index is 12.7. The number of hydrogen-bond donors (Lipinski definition) is 1. The molecule has 146 valence electrons. The van der Waals surface area contributed by atoms with Crippen LogP contribution in [0.2, 0.25) is 0 Å². The topological polar surface area (TPSA) is 73.0 Å². The molecule has 0 aliphatic heterocycles. The zero-order valence-electron chi connectivity index (χ0n) is 16.2. The lowest BCUT2D eigenvalue weighted by Crippen LogP contribution is -2.46. The van der Waals surface area contributed by atoms with Gasteiger partial charge in [0.15, 0.2) is 10.9 Å². The fourth-order valence-electron chi connectivity index (χ4n) is 3.56. The molecule has 0 aromatic carbocycles. The van der Waals surface area contributed by atoms with E-state index < -0.39 is 0 Å². The standard InChI is InChI=1S/C20H28N4O2S/c1-5-11-24-18(17-10-7-12-26-17)22-23-20(24)27-15(4)19(25)21-16-9-6-8-13(2)14(16)3/h5,7,10,12-16H,1,6,8-9,11H2,2-4H3,(H,21,25). The van der Waals surface area contributed by atoms with E-state index in [4.69, 9.17) is 4.42 Å². The van der Waals surface area contributed by atoms with Crippen molar-refractivity contribution in [1.82, 2.24) is 20.1 Å². The Balaban J connectivity index is 1.69. The minimum Gasteiger partial charge on any atom is -0.461 e. The molecule has 7 heteroatoms. The van der Waals surface area contributed by atoms with Crippen LogP contribution in [-0.4, -0.2) is 32.0 Å². The smallest absolute Gasteiger partial charge is 0.233 e. The van der Waals surface area contributed by atoms with E-state index in [0.717, 1.165) is 6.42 Å². The number of carbonyl (C=O) groups is 1. The Morgan fingerprint density at radius 3 is 3.00 bits per heavy atom. The van der Waals surface area contributed by atoms with Crippen LogP contribution < -0.4 is 5.32 Å². The van der Waals surface area contributed by atoms with Crippen LogP contribution >= 0.6 is 11.8 Å². The fourth-order valence-corrected chi connectivity index (χ4v) is 4.42. The number of carbonyl (C=O) groups excluding carboxylic acids is 1. The summed E-state index contributed by atoms with van der Waals surface area (Å²) in [5, 5.41) is 12.2. The average Bonchev–Trinajstić information content (AvgIpc) is 3.30. The van der Waals surface area contributed by atoms with E-state index in [2.05, 4.69) is 35.9 Å². The van der Waals surface area contributed by atoms with Gasteiger partial charge in [0.2, 0.25) is 11.7 Å². The Kier molecular flexibility index (Phi) is 6.42. The number of nitrogens with one attached hydrogen (secondary N) is 1.